The normalized spacial score (nSPS) is 17.7. The van der Waals surface area contributed by atoms with Gasteiger partial charge in [-0.1, -0.05) is 37.6 Å². The van der Waals surface area contributed by atoms with E-state index in [4.69, 9.17) is 9.47 Å². The van der Waals surface area contributed by atoms with Crippen molar-refractivity contribution < 1.29 is 28.6 Å². The predicted molar refractivity (Wildman–Crippen MR) is 119 cm³/mol. The number of amides is 1. The van der Waals surface area contributed by atoms with Gasteiger partial charge in [-0.3, -0.25) is 9.59 Å². The van der Waals surface area contributed by atoms with Crippen LogP contribution in [0, 0.1) is 5.82 Å². The number of hydrogen-bond donors (Lipinski definition) is 1. The average molecular weight is 441 g/mol. The number of methoxy groups -OCH3 is 1. The number of nitrogens with zero attached hydrogens (tertiary/aromatic N) is 1. The molecule has 1 aliphatic rings. The summed E-state index contributed by atoms with van der Waals surface area (Å²) in [6, 6.07) is 11.6. The van der Waals surface area contributed by atoms with Crippen LogP contribution in [0.3, 0.4) is 0 Å². The lowest BCUT2D eigenvalue weighted by Gasteiger charge is -2.25. The molecular formula is C25H28FNO5. The number of halogens is 1. The van der Waals surface area contributed by atoms with E-state index in [1.807, 2.05) is 0 Å². The van der Waals surface area contributed by atoms with Crippen LogP contribution in [0.1, 0.15) is 43.4 Å². The first-order valence-electron chi connectivity index (χ1n) is 10.7. The fourth-order valence-corrected chi connectivity index (χ4v) is 3.70. The third-order valence-electron chi connectivity index (χ3n) is 5.35. The van der Waals surface area contributed by atoms with Crippen LogP contribution in [0.4, 0.5) is 4.39 Å². The van der Waals surface area contributed by atoms with Crippen molar-refractivity contribution in [1.82, 2.24) is 4.90 Å². The molecule has 0 aliphatic carbocycles. The minimum atomic E-state index is -0.822. The van der Waals surface area contributed by atoms with E-state index in [1.165, 1.54) is 29.2 Å². The maximum absolute atomic E-state index is 13.5. The minimum absolute atomic E-state index is 0.0234. The van der Waals surface area contributed by atoms with E-state index in [9.17, 15) is 19.1 Å². The molecule has 1 unspecified atom stereocenters. The smallest absolute Gasteiger partial charge is 0.295 e. The van der Waals surface area contributed by atoms with Gasteiger partial charge in [0.2, 0.25) is 0 Å². The van der Waals surface area contributed by atoms with Crippen molar-refractivity contribution in [1.29, 1.82) is 0 Å². The Morgan fingerprint density at radius 1 is 1.09 bits per heavy atom. The molecule has 170 valence electrons. The zero-order chi connectivity index (χ0) is 23.1. The van der Waals surface area contributed by atoms with Crippen molar-refractivity contribution in [3.63, 3.8) is 0 Å². The second-order valence-corrected chi connectivity index (χ2v) is 7.62. The number of Topliss-reactive ketones (excluding diaryl/α,β-unsaturated/α-hetero) is 1. The summed E-state index contributed by atoms with van der Waals surface area (Å²) in [7, 11) is 1.56. The van der Waals surface area contributed by atoms with Crippen molar-refractivity contribution in [2.24, 2.45) is 0 Å². The number of ether oxygens (including phenoxy) is 2. The minimum Gasteiger partial charge on any atom is -0.507 e. The Morgan fingerprint density at radius 2 is 1.84 bits per heavy atom. The monoisotopic (exact) mass is 441 g/mol. The number of aliphatic hydroxyl groups is 1. The van der Waals surface area contributed by atoms with E-state index in [2.05, 4.69) is 6.92 Å². The number of ketones is 1. The second-order valence-electron chi connectivity index (χ2n) is 7.62. The molecule has 2 aromatic rings. The summed E-state index contributed by atoms with van der Waals surface area (Å²) in [6.45, 7) is 3.28. The van der Waals surface area contributed by atoms with Crippen molar-refractivity contribution in [2.75, 3.05) is 26.9 Å². The average Bonchev–Trinajstić information content (AvgIpc) is 3.05. The highest BCUT2D eigenvalue weighted by molar-refractivity contribution is 6.46. The van der Waals surface area contributed by atoms with Crippen LogP contribution in [0.5, 0.6) is 5.75 Å². The van der Waals surface area contributed by atoms with Gasteiger partial charge in [0, 0.05) is 25.8 Å². The van der Waals surface area contributed by atoms with Crippen LogP contribution in [-0.2, 0) is 14.3 Å². The maximum Gasteiger partial charge on any atom is 0.295 e. The summed E-state index contributed by atoms with van der Waals surface area (Å²) in [6.07, 6.45) is 2.40. The Kier molecular flexibility index (Phi) is 8.00. The molecule has 0 bridgehead atoms. The standard InChI is InChI=1S/C25H28FNO5/c1-3-4-15-32-20-8-5-7-18(16-20)23(28)21-22(17-9-11-19(26)12-10-17)27(13-6-14-31-2)25(30)24(21)29/h5,7-12,16,22,28H,3-4,6,13-15H2,1-2H3/b23-21+. The van der Waals surface area contributed by atoms with E-state index in [0.717, 1.165) is 12.8 Å². The fourth-order valence-electron chi connectivity index (χ4n) is 3.70. The van der Waals surface area contributed by atoms with Crippen LogP contribution in [0.15, 0.2) is 54.1 Å². The van der Waals surface area contributed by atoms with Crippen molar-refractivity contribution >= 4 is 17.4 Å². The van der Waals surface area contributed by atoms with Gasteiger partial charge in [0.05, 0.1) is 18.2 Å². The molecule has 3 rings (SSSR count). The Hall–Kier alpha value is -3.19. The molecule has 1 fully saturated rings. The number of hydrogen-bond acceptors (Lipinski definition) is 5. The molecule has 0 spiro atoms. The van der Waals surface area contributed by atoms with E-state index in [-0.39, 0.29) is 17.9 Å². The van der Waals surface area contributed by atoms with Gasteiger partial charge < -0.3 is 19.5 Å². The number of carbonyl (C=O) groups excluding carboxylic acids is 2. The molecule has 1 saturated heterocycles. The van der Waals surface area contributed by atoms with Gasteiger partial charge in [0.25, 0.3) is 11.7 Å². The highest BCUT2D eigenvalue weighted by Crippen LogP contribution is 2.39. The Morgan fingerprint density at radius 3 is 2.53 bits per heavy atom. The Labute approximate surface area is 187 Å². The summed E-state index contributed by atoms with van der Waals surface area (Å²) in [5, 5.41) is 11.1. The molecule has 32 heavy (non-hydrogen) atoms. The van der Waals surface area contributed by atoms with Crippen molar-refractivity contribution in [3.8, 4) is 5.75 Å². The lowest BCUT2D eigenvalue weighted by Crippen LogP contribution is -2.31. The fraction of sp³-hybridized carbons (Fsp3) is 0.360. The summed E-state index contributed by atoms with van der Waals surface area (Å²) >= 11 is 0. The number of carbonyl (C=O) groups is 2. The van der Waals surface area contributed by atoms with Crippen LogP contribution < -0.4 is 4.74 Å². The third-order valence-corrected chi connectivity index (χ3v) is 5.35. The molecule has 1 aliphatic heterocycles. The highest BCUT2D eigenvalue weighted by Gasteiger charge is 2.45. The first-order valence-corrected chi connectivity index (χ1v) is 10.7. The lowest BCUT2D eigenvalue weighted by molar-refractivity contribution is -0.140. The van der Waals surface area contributed by atoms with Crippen molar-refractivity contribution in [3.05, 3.63) is 71.0 Å². The molecule has 1 N–H and O–H groups in total. The van der Waals surface area contributed by atoms with E-state index in [1.54, 1.807) is 31.4 Å². The van der Waals surface area contributed by atoms with Crippen LogP contribution in [0.2, 0.25) is 0 Å². The molecule has 0 radical (unpaired) electrons. The molecule has 2 aromatic carbocycles. The first kappa shape index (κ1) is 23.5. The van der Waals surface area contributed by atoms with E-state index >= 15 is 0 Å². The SMILES string of the molecule is CCCCOc1cccc(/C(O)=C2\C(=O)C(=O)N(CCCOC)C2c2ccc(F)cc2)c1. The molecule has 1 amide bonds. The van der Waals surface area contributed by atoms with E-state index in [0.29, 0.717) is 36.5 Å². The first-order chi connectivity index (χ1) is 15.5. The molecule has 6 nitrogen and oxygen atoms in total. The van der Waals surface area contributed by atoms with Gasteiger partial charge in [-0.15, -0.1) is 0 Å². The van der Waals surface area contributed by atoms with Gasteiger partial charge in [-0.2, -0.15) is 0 Å². The summed E-state index contributed by atoms with van der Waals surface area (Å²) in [5.41, 5.74) is 0.894. The predicted octanol–water partition coefficient (Wildman–Crippen LogP) is 4.46. The molecule has 7 heteroatoms. The van der Waals surface area contributed by atoms with Gasteiger partial charge >= 0.3 is 0 Å². The Bertz CT molecular complexity index is 986. The quantitative estimate of drug-likeness (QED) is 0.255. The topological polar surface area (TPSA) is 76.1 Å². The van der Waals surface area contributed by atoms with Gasteiger partial charge in [-0.05, 0) is 42.7 Å². The van der Waals surface area contributed by atoms with Gasteiger partial charge in [0.15, 0.2) is 0 Å². The van der Waals surface area contributed by atoms with Crippen LogP contribution >= 0.6 is 0 Å². The third kappa shape index (κ3) is 5.16. The molecule has 0 aromatic heterocycles. The molecular weight excluding hydrogens is 413 g/mol. The lowest BCUT2D eigenvalue weighted by atomic mass is 9.95. The number of rotatable bonds is 10. The van der Waals surface area contributed by atoms with E-state index < -0.39 is 23.5 Å². The largest absolute Gasteiger partial charge is 0.507 e. The van der Waals surface area contributed by atoms with Crippen LogP contribution in [-0.4, -0.2) is 48.6 Å². The summed E-state index contributed by atoms with van der Waals surface area (Å²) in [4.78, 5) is 27.2. The van der Waals surface area contributed by atoms with Gasteiger partial charge in [-0.25, -0.2) is 4.39 Å². The van der Waals surface area contributed by atoms with Crippen LogP contribution in [0.25, 0.3) is 5.76 Å². The zero-order valence-corrected chi connectivity index (χ0v) is 18.3. The second kappa shape index (κ2) is 10.9. The summed E-state index contributed by atoms with van der Waals surface area (Å²) in [5.74, 6) is -1.62. The number of unbranched alkanes of at least 4 members (excludes halogenated alkanes) is 1. The maximum atomic E-state index is 13.5. The molecule has 0 saturated carbocycles. The van der Waals surface area contributed by atoms with Gasteiger partial charge in [0.1, 0.15) is 17.3 Å². The molecule has 1 heterocycles. The zero-order valence-electron chi connectivity index (χ0n) is 18.3. The highest BCUT2D eigenvalue weighted by atomic mass is 19.1. The van der Waals surface area contributed by atoms with Crippen molar-refractivity contribution in [2.45, 2.75) is 32.2 Å². The number of likely N-dealkylation sites (tertiary alicyclic amines) is 1. The Balaban J connectivity index is 2.03. The molecule has 1 atom stereocenters. The summed E-state index contributed by atoms with van der Waals surface area (Å²) < 4.78 is 24.3. The number of benzene rings is 2. The number of aliphatic hydroxyl groups excluding tert-OH is 1.